The van der Waals surface area contributed by atoms with Crippen LogP contribution in [0, 0.1) is 10.1 Å². The molecule has 0 fully saturated rings. The van der Waals surface area contributed by atoms with Gasteiger partial charge >= 0.3 is 5.97 Å². The van der Waals surface area contributed by atoms with E-state index in [4.69, 9.17) is 9.47 Å². The van der Waals surface area contributed by atoms with Crippen molar-refractivity contribution in [2.24, 2.45) is 0 Å². The number of para-hydroxylation sites is 2. The van der Waals surface area contributed by atoms with Crippen LogP contribution in [0.1, 0.15) is 24.2 Å². The van der Waals surface area contributed by atoms with E-state index in [-0.39, 0.29) is 23.0 Å². The standard InChI is InChI=1S/C18H18N2O6/c1-12(2)26-14-9-7-13(8-10-14)18(22)25-11-17(21)19-15-5-3-4-6-16(15)20(23)24/h3-10,12H,11H2,1-2H3,(H,19,21). The molecular formula is C18H18N2O6. The van der Waals surface area contributed by atoms with E-state index in [0.717, 1.165) is 0 Å². The van der Waals surface area contributed by atoms with Crippen molar-refractivity contribution in [1.82, 2.24) is 0 Å². The molecule has 2 rings (SSSR count). The van der Waals surface area contributed by atoms with Crippen LogP contribution in [-0.4, -0.2) is 29.5 Å². The van der Waals surface area contributed by atoms with Gasteiger partial charge in [0.15, 0.2) is 6.61 Å². The Hall–Kier alpha value is -3.42. The predicted molar refractivity (Wildman–Crippen MR) is 94.2 cm³/mol. The van der Waals surface area contributed by atoms with Crippen LogP contribution in [0.4, 0.5) is 11.4 Å². The summed E-state index contributed by atoms with van der Waals surface area (Å²) in [7, 11) is 0. The Morgan fingerprint density at radius 3 is 2.38 bits per heavy atom. The molecule has 0 spiro atoms. The van der Waals surface area contributed by atoms with Crippen LogP contribution in [0.5, 0.6) is 5.75 Å². The normalized spacial score (nSPS) is 10.3. The first kappa shape index (κ1) is 18.9. The summed E-state index contributed by atoms with van der Waals surface area (Å²) in [4.78, 5) is 34.1. The molecule has 0 aliphatic heterocycles. The van der Waals surface area contributed by atoms with Crippen LogP contribution in [0.3, 0.4) is 0 Å². The number of ether oxygens (including phenoxy) is 2. The second-order valence-corrected chi connectivity index (χ2v) is 5.59. The van der Waals surface area contributed by atoms with Gasteiger partial charge in [0.1, 0.15) is 11.4 Å². The molecular weight excluding hydrogens is 340 g/mol. The molecule has 0 aliphatic rings. The minimum Gasteiger partial charge on any atom is -0.491 e. The van der Waals surface area contributed by atoms with Gasteiger partial charge in [0.05, 0.1) is 16.6 Å². The molecule has 0 saturated heterocycles. The van der Waals surface area contributed by atoms with E-state index in [1.54, 1.807) is 18.2 Å². The van der Waals surface area contributed by atoms with Gasteiger partial charge in [0.25, 0.3) is 11.6 Å². The van der Waals surface area contributed by atoms with Gasteiger partial charge in [0, 0.05) is 6.07 Å². The smallest absolute Gasteiger partial charge is 0.338 e. The third-order valence-electron chi connectivity index (χ3n) is 3.17. The Bertz CT molecular complexity index is 802. The molecule has 2 aromatic carbocycles. The molecule has 0 aromatic heterocycles. The van der Waals surface area contributed by atoms with Gasteiger partial charge in [-0.25, -0.2) is 4.79 Å². The fraction of sp³-hybridized carbons (Fsp3) is 0.222. The Labute approximate surface area is 149 Å². The Balaban J connectivity index is 1.91. The van der Waals surface area contributed by atoms with Crippen molar-refractivity contribution in [2.45, 2.75) is 20.0 Å². The van der Waals surface area contributed by atoms with E-state index >= 15 is 0 Å². The lowest BCUT2D eigenvalue weighted by molar-refractivity contribution is -0.383. The first-order valence-corrected chi connectivity index (χ1v) is 7.84. The van der Waals surface area contributed by atoms with Crippen LogP contribution >= 0.6 is 0 Å². The number of nitrogens with zero attached hydrogens (tertiary/aromatic N) is 1. The summed E-state index contributed by atoms with van der Waals surface area (Å²) in [6.45, 7) is 3.21. The van der Waals surface area contributed by atoms with Crippen molar-refractivity contribution < 1.29 is 24.0 Å². The lowest BCUT2D eigenvalue weighted by Crippen LogP contribution is -2.21. The molecule has 0 unspecified atom stereocenters. The molecule has 8 heteroatoms. The summed E-state index contributed by atoms with van der Waals surface area (Å²) < 4.78 is 10.4. The number of anilines is 1. The zero-order valence-corrected chi connectivity index (χ0v) is 14.3. The summed E-state index contributed by atoms with van der Waals surface area (Å²) in [5.41, 5.74) is 0.0567. The first-order chi connectivity index (χ1) is 12.4. The summed E-state index contributed by atoms with van der Waals surface area (Å²) in [6, 6.07) is 12.0. The average Bonchev–Trinajstić information content (AvgIpc) is 2.60. The number of rotatable bonds is 7. The number of hydrogen-bond donors (Lipinski definition) is 1. The Morgan fingerprint density at radius 1 is 1.12 bits per heavy atom. The van der Waals surface area contributed by atoms with E-state index in [1.165, 1.54) is 30.3 Å². The van der Waals surface area contributed by atoms with Crippen LogP contribution < -0.4 is 10.1 Å². The summed E-state index contributed by atoms with van der Waals surface area (Å²) in [6.07, 6.45) is 0.0125. The molecule has 0 bridgehead atoms. The summed E-state index contributed by atoms with van der Waals surface area (Å²) >= 11 is 0. The highest BCUT2D eigenvalue weighted by Gasteiger charge is 2.16. The number of carbonyl (C=O) groups is 2. The third kappa shape index (κ3) is 5.30. The molecule has 2 aromatic rings. The minimum atomic E-state index is -0.682. The van der Waals surface area contributed by atoms with Crippen molar-refractivity contribution in [3.05, 3.63) is 64.2 Å². The first-order valence-electron chi connectivity index (χ1n) is 7.84. The van der Waals surface area contributed by atoms with Crippen LogP contribution in [0.15, 0.2) is 48.5 Å². The Kier molecular flexibility index (Phi) is 6.26. The van der Waals surface area contributed by atoms with E-state index < -0.39 is 23.4 Å². The SMILES string of the molecule is CC(C)Oc1ccc(C(=O)OCC(=O)Nc2ccccc2[N+](=O)[O-])cc1. The monoisotopic (exact) mass is 358 g/mol. The zero-order chi connectivity index (χ0) is 19.1. The van der Waals surface area contributed by atoms with Gasteiger partial charge in [-0.05, 0) is 44.2 Å². The van der Waals surface area contributed by atoms with Gasteiger partial charge < -0.3 is 14.8 Å². The average molecular weight is 358 g/mol. The van der Waals surface area contributed by atoms with Crippen molar-refractivity contribution in [1.29, 1.82) is 0 Å². The van der Waals surface area contributed by atoms with Gasteiger partial charge in [-0.15, -0.1) is 0 Å². The molecule has 26 heavy (non-hydrogen) atoms. The molecule has 1 N–H and O–H groups in total. The van der Waals surface area contributed by atoms with Crippen LogP contribution in [0.25, 0.3) is 0 Å². The highest BCUT2D eigenvalue weighted by atomic mass is 16.6. The lowest BCUT2D eigenvalue weighted by Gasteiger charge is -2.10. The van der Waals surface area contributed by atoms with E-state index in [0.29, 0.717) is 5.75 Å². The number of nitro benzene ring substituents is 1. The molecule has 0 aliphatic carbocycles. The molecule has 0 heterocycles. The van der Waals surface area contributed by atoms with Crippen molar-refractivity contribution in [3.8, 4) is 5.75 Å². The van der Waals surface area contributed by atoms with Crippen LogP contribution in [0.2, 0.25) is 0 Å². The fourth-order valence-electron chi connectivity index (χ4n) is 2.08. The summed E-state index contributed by atoms with van der Waals surface area (Å²) in [5, 5.41) is 13.3. The number of carbonyl (C=O) groups excluding carboxylic acids is 2. The molecule has 0 saturated carbocycles. The predicted octanol–water partition coefficient (Wildman–Crippen LogP) is 3.18. The number of amides is 1. The van der Waals surface area contributed by atoms with Gasteiger partial charge in [-0.3, -0.25) is 14.9 Å². The minimum absolute atomic E-state index is 0.0125. The Morgan fingerprint density at radius 2 is 1.77 bits per heavy atom. The maximum Gasteiger partial charge on any atom is 0.338 e. The topological polar surface area (TPSA) is 108 Å². The van der Waals surface area contributed by atoms with Gasteiger partial charge in [-0.2, -0.15) is 0 Å². The second-order valence-electron chi connectivity index (χ2n) is 5.59. The lowest BCUT2D eigenvalue weighted by atomic mass is 10.2. The van der Waals surface area contributed by atoms with E-state index in [2.05, 4.69) is 5.32 Å². The quantitative estimate of drug-likeness (QED) is 0.463. The number of benzene rings is 2. The fourth-order valence-corrected chi connectivity index (χ4v) is 2.08. The maximum atomic E-state index is 12.0. The highest BCUT2D eigenvalue weighted by molar-refractivity contribution is 5.96. The number of nitro groups is 1. The van der Waals surface area contributed by atoms with Crippen molar-refractivity contribution in [2.75, 3.05) is 11.9 Å². The van der Waals surface area contributed by atoms with Crippen LogP contribution in [-0.2, 0) is 9.53 Å². The highest BCUT2D eigenvalue weighted by Crippen LogP contribution is 2.23. The molecule has 0 atom stereocenters. The van der Waals surface area contributed by atoms with Crippen molar-refractivity contribution in [3.63, 3.8) is 0 Å². The van der Waals surface area contributed by atoms with Crippen molar-refractivity contribution >= 4 is 23.3 Å². The van der Waals surface area contributed by atoms with E-state index in [9.17, 15) is 19.7 Å². The third-order valence-corrected chi connectivity index (χ3v) is 3.17. The zero-order valence-electron chi connectivity index (χ0n) is 14.3. The largest absolute Gasteiger partial charge is 0.491 e. The molecule has 136 valence electrons. The number of nitrogens with one attached hydrogen (secondary N) is 1. The van der Waals surface area contributed by atoms with Gasteiger partial charge in [-0.1, -0.05) is 12.1 Å². The molecule has 1 amide bonds. The maximum absolute atomic E-state index is 12.0. The molecule has 8 nitrogen and oxygen atoms in total. The van der Waals surface area contributed by atoms with Gasteiger partial charge in [0.2, 0.25) is 0 Å². The number of esters is 1. The van der Waals surface area contributed by atoms with E-state index in [1.807, 2.05) is 13.8 Å². The number of hydrogen-bond acceptors (Lipinski definition) is 6. The second kappa shape index (κ2) is 8.61. The summed E-state index contributed by atoms with van der Waals surface area (Å²) in [5.74, 6) is -0.739. The molecule has 0 radical (unpaired) electrons.